The van der Waals surface area contributed by atoms with Gasteiger partial charge in [-0.15, -0.1) is 20.4 Å². The standard InChI is InChI=1S/C11H10N8O/c1-19-6-12-16-10(19)7-2-4-8(5-3-7)13-11(20)9-14-17-18-15-9/h2-6H,1H3,(H,13,20)(H,14,15,17,18). The molecule has 100 valence electrons. The first kappa shape index (κ1) is 12.0. The van der Waals surface area contributed by atoms with Crippen LogP contribution in [-0.4, -0.2) is 41.3 Å². The largest absolute Gasteiger partial charge is 0.319 e. The highest BCUT2D eigenvalue weighted by Crippen LogP contribution is 2.18. The van der Waals surface area contributed by atoms with Crippen molar-refractivity contribution in [2.24, 2.45) is 7.05 Å². The van der Waals surface area contributed by atoms with Crippen LogP contribution in [0.15, 0.2) is 30.6 Å². The van der Waals surface area contributed by atoms with Gasteiger partial charge in [-0.25, -0.2) is 0 Å². The molecule has 9 nitrogen and oxygen atoms in total. The maximum atomic E-state index is 11.7. The third-order valence-corrected chi connectivity index (χ3v) is 2.66. The maximum absolute atomic E-state index is 11.7. The second-order valence-corrected chi connectivity index (χ2v) is 4.03. The molecule has 0 aliphatic carbocycles. The number of aromatic nitrogens is 7. The average molecular weight is 270 g/mol. The third kappa shape index (κ3) is 2.23. The van der Waals surface area contributed by atoms with E-state index in [1.54, 1.807) is 18.5 Å². The Morgan fingerprint density at radius 1 is 1.25 bits per heavy atom. The fourth-order valence-corrected chi connectivity index (χ4v) is 1.69. The Balaban J connectivity index is 1.77. The molecule has 0 fully saturated rings. The minimum absolute atomic E-state index is 0.0117. The van der Waals surface area contributed by atoms with E-state index < -0.39 is 5.91 Å². The number of rotatable bonds is 3. The van der Waals surface area contributed by atoms with Crippen LogP contribution in [0.25, 0.3) is 11.4 Å². The van der Waals surface area contributed by atoms with Crippen molar-refractivity contribution in [3.05, 3.63) is 36.4 Å². The van der Waals surface area contributed by atoms with Crippen molar-refractivity contribution in [3.63, 3.8) is 0 Å². The molecule has 0 aliphatic heterocycles. The van der Waals surface area contributed by atoms with Gasteiger partial charge in [0.15, 0.2) is 5.82 Å². The first-order chi connectivity index (χ1) is 9.74. The number of benzene rings is 1. The SMILES string of the molecule is Cn1cnnc1-c1ccc(NC(=O)c2nn[nH]n2)cc1. The van der Waals surface area contributed by atoms with Crippen molar-refractivity contribution >= 4 is 11.6 Å². The van der Waals surface area contributed by atoms with Gasteiger partial charge in [-0.1, -0.05) is 0 Å². The molecule has 0 bridgehead atoms. The van der Waals surface area contributed by atoms with Crippen molar-refractivity contribution in [1.29, 1.82) is 0 Å². The Hall–Kier alpha value is -3.10. The van der Waals surface area contributed by atoms with Gasteiger partial charge in [0.25, 0.3) is 11.7 Å². The molecule has 3 aromatic rings. The number of hydrogen-bond acceptors (Lipinski definition) is 6. The lowest BCUT2D eigenvalue weighted by molar-refractivity contribution is 0.101. The number of aromatic amines is 1. The highest BCUT2D eigenvalue weighted by Gasteiger charge is 2.11. The van der Waals surface area contributed by atoms with Crippen LogP contribution in [-0.2, 0) is 7.05 Å². The zero-order valence-corrected chi connectivity index (χ0v) is 10.5. The number of carbonyl (C=O) groups is 1. The predicted molar refractivity (Wildman–Crippen MR) is 68.6 cm³/mol. The molecule has 0 saturated heterocycles. The van der Waals surface area contributed by atoms with Crippen molar-refractivity contribution in [3.8, 4) is 11.4 Å². The first-order valence-electron chi connectivity index (χ1n) is 5.73. The molecule has 0 saturated carbocycles. The van der Waals surface area contributed by atoms with Gasteiger partial charge in [0.1, 0.15) is 6.33 Å². The van der Waals surface area contributed by atoms with E-state index in [-0.39, 0.29) is 5.82 Å². The first-order valence-corrected chi connectivity index (χ1v) is 5.73. The van der Waals surface area contributed by atoms with Gasteiger partial charge in [0.05, 0.1) is 0 Å². The van der Waals surface area contributed by atoms with Crippen LogP contribution in [0.2, 0.25) is 0 Å². The molecule has 3 rings (SSSR count). The van der Waals surface area contributed by atoms with Gasteiger partial charge in [-0.3, -0.25) is 4.79 Å². The molecule has 9 heteroatoms. The fraction of sp³-hybridized carbons (Fsp3) is 0.0909. The van der Waals surface area contributed by atoms with Gasteiger partial charge in [-0.05, 0) is 29.5 Å². The zero-order valence-electron chi connectivity index (χ0n) is 10.5. The van der Waals surface area contributed by atoms with Crippen LogP contribution in [0.5, 0.6) is 0 Å². The van der Waals surface area contributed by atoms with Crippen molar-refractivity contribution in [2.75, 3.05) is 5.32 Å². The van der Waals surface area contributed by atoms with E-state index >= 15 is 0 Å². The summed E-state index contributed by atoms with van der Waals surface area (Å²) in [5.74, 6) is 0.314. The topological polar surface area (TPSA) is 114 Å². The summed E-state index contributed by atoms with van der Waals surface area (Å²) in [7, 11) is 1.86. The second kappa shape index (κ2) is 4.88. The normalized spacial score (nSPS) is 10.4. The van der Waals surface area contributed by atoms with E-state index in [9.17, 15) is 4.79 Å². The molecule has 0 atom stereocenters. The molecule has 0 aliphatic rings. The average Bonchev–Trinajstić information content (AvgIpc) is 3.11. The van der Waals surface area contributed by atoms with E-state index in [4.69, 9.17) is 0 Å². The summed E-state index contributed by atoms with van der Waals surface area (Å²) in [4.78, 5) is 11.7. The smallest absolute Gasteiger partial charge is 0.297 e. The van der Waals surface area contributed by atoms with E-state index in [1.807, 2.05) is 23.7 Å². The van der Waals surface area contributed by atoms with E-state index in [2.05, 4.69) is 36.1 Å². The van der Waals surface area contributed by atoms with Crippen molar-refractivity contribution in [2.45, 2.75) is 0 Å². The Kier molecular flexibility index (Phi) is 2.92. The number of H-pyrrole nitrogens is 1. The lowest BCUT2D eigenvalue weighted by Gasteiger charge is -2.04. The highest BCUT2D eigenvalue weighted by atomic mass is 16.2. The van der Waals surface area contributed by atoms with Gasteiger partial charge in [0.2, 0.25) is 0 Å². The van der Waals surface area contributed by atoms with Gasteiger partial charge in [-0.2, -0.15) is 5.21 Å². The summed E-state index contributed by atoms with van der Waals surface area (Å²) >= 11 is 0. The van der Waals surface area contributed by atoms with Crippen LogP contribution in [0.1, 0.15) is 10.6 Å². The monoisotopic (exact) mass is 270 g/mol. The molecule has 1 aromatic carbocycles. The molecular weight excluding hydrogens is 260 g/mol. The van der Waals surface area contributed by atoms with Crippen LogP contribution in [0, 0.1) is 0 Å². The van der Waals surface area contributed by atoms with Crippen molar-refractivity contribution in [1.82, 2.24) is 35.4 Å². The minimum atomic E-state index is -0.426. The van der Waals surface area contributed by atoms with Crippen LogP contribution in [0.4, 0.5) is 5.69 Å². The Morgan fingerprint density at radius 3 is 2.65 bits per heavy atom. The number of hydrogen-bond donors (Lipinski definition) is 2. The summed E-state index contributed by atoms with van der Waals surface area (Å²) in [5, 5.41) is 23.2. The fourth-order valence-electron chi connectivity index (χ4n) is 1.69. The lowest BCUT2D eigenvalue weighted by Crippen LogP contribution is -2.13. The summed E-state index contributed by atoms with van der Waals surface area (Å²) in [6.07, 6.45) is 1.63. The molecule has 20 heavy (non-hydrogen) atoms. The van der Waals surface area contributed by atoms with Gasteiger partial charge in [0, 0.05) is 18.3 Å². The van der Waals surface area contributed by atoms with E-state index in [1.165, 1.54) is 0 Å². The Labute approximate surface area is 113 Å². The number of nitrogens with zero attached hydrogens (tertiary/aromatic N) is 6. The number of anilines is 1. The third-order valence-electron chi connectivity index (χ3n) is 2.66. The number of tetrazole rings is 1. The molecule has 2 aromatic heterocycles. The van der Waals surface area contributed by atoms with Crippen LogP contribution < -0.4 is 5.32 Å². The molecule has 2 heterocycles. The zero-order chi connectivity index (χ0) is 13.9. The molecule has 0 unspecified atom stereocenters. The van der Waals surface area contributed by atoms with E-state index in [0.717, 1.165) is 11.4 Å². The van der Waals surface area contributed by atoms with Crippen LogP contribution >= 0.6 is 0 Å². The Morgan fingerprint density at radius 2 is 2.05 bits per heavy atom. The maximum Gasteiger partial charge on any atom is 0.297 e. The summed E-state index contributed by atoms with van der Waals surface area (Å²) in [6.45, 7) is 0. The Bertz CT molecular complexity index is 715. The lowest BCUT2D eigenvalue weighted by atomic mass is 10.2. The molecule has 0 spiro atoms. The predicted octanol–water partition coefficient (Wildman–Crippen LogP) is 0.247. The highest BCUT2D eigenvalue weighted by molar-refractivity contribution is 6.01. The number of aryl methyl sites for hydroxylation is 1. The summed E-state index contributed by atoms with van der Waals surface area (Å²) in [6, 6.07) is 7.22. The number of amides is 1. The molecular formula is C11H10N8O. The molecule has 0 radical (unpaired) electrons. The van der Waals surface area contributed by atoms with Gasteiger partial charge >= 0.3 is 0 Å². The van der Waals surface area contributed by atoms with Crippen LogP contribution in [0.3, 0.4) is 0 Å². The quantitative estimate of drug-likeness (QED) is 0.705. The van der Waals surface area contributed by atoms with E-state index in [0.29, 0.717) is 5.69 Å². The number of carbonyl (C=O) groups excluding carboxylic acids is 1. The minimum Gasteiger partial charge on any atom is -0.319 e. The number of nitrogens with one attached hydrogen (secondary N) is 2. The second-order valence-electron chi connectivity index (χ2n) is 4.03. The summed E-state index contributed by atoms with van der Waals surface area (Å²) < 4.78 is 1.81. The van der Waals surface area contributed by atoms with Gasteiger partial charge < -0.3 is 9.88 Å². The molecule has 1 amide bonds. The van der Waals surface area contributed by atoms with Crippen molar-refractivity contribution < 1.29 is 4.79 Å². The summed E-state index contributed by atoms with van der Waals surface area (Å²) in [5.41, 5.74) is 1.54. The molecule has 2 N–H and O–H groups in total.